The number of hydrogen-bond donors (Lipinski definition) is 1. The smallest absolute Gasteiger partial charge is 0.317 e. The molecule has 1 aromatic rings. The van der Waals surface area contributed by atoms with Gasteiger partial charge in [0, 0.05) is 5.92 Å². The third kappa shape index (κ3) is 3.19. The minimum absolute atomic E-state index is 0.0451. The second kappa shape index (κ2) is 7.34. The van der Waals surface area contributed by atoms with Gasteiger partial charge in [-0.05, 0) is 63.6 Å². The fourth-order valence-electron chi connectivity index (χ4n) is 5.79. The first-order valence-corrected chi connectivity index (χ1v) is 10.6. The molecule has 3 fully saturated rings. The Morgan fingerprint density at radius 1 is 1.04 bits per heavy atom. The van der Waals surface area contributed by atoms with Gasteiger partial charge >= 0.3 is 5.97 Å². The molecule has 1 aliphatic heterocycles. The van der Waals surface area contributed by atoms with Gasteiger partial charge in [0.2, 0.25) is 0 Å². The summed E-state index contributed by atoms with van der Waals surface area (Å²) >= 11 is 0. The van der Waals surface area contributed by atoms with Crippen LogP contribution in [0.1, 0.15) is 70.3 Å². The van der Waals surface area contributed by atoms with Crippen molar-refractivity contribution in [2.24, 2.45) is 11.8 Å². The molecule has 3 heteroatoms. The molecule has 0 aromatic heterocycles. The van der Waals surface area contributed by atoms with Crippen molar-refractivity contribution in [2.75, 3.05) is 13.1 Å². The van der Waals surface area contributed by atoms with Gasteiger partial charge in [0.05, 0.1) is 5.41 Å². The molecular weight excluding hydrogens is 322 g/mol. The Bertz CT molecular complexity index is 620. The summed E-state index contributed by atoms with van der Waals surface area (Å²) in [6.07, 6.45) is 9.96. The molecule has 1 saturated heterocycles. The summed E-state index contributed by atoms with van der Waals surface area (Å²) in [5.41, 5.74) is 0.463. The molecule has 2 aliphatic carbocycles. The summed E-state index contributed by atoms with van der Waals surface area (Å²) < 4.78 is 6.38. The molecule has 26 heavy (non-hydrogen) atoms. The van der Waals surface area contributed by atoms with Crippen molar-refractivity contribution in [3.8, 4) is 0 Å². The number of hydrogen-bond acceptors (Lipinski definition) is 3. The number of fused-ring (bicyclic) bond motifs is 1. The topological polar surface area (TPSA) is 38.3 Å². The van der Waals surface area contributed by atoms with E-state index < -0.39 is 5.41 Å². The van der Waals surface area contributed by atoms with Crippen LogP contribution in [-0.4, -0.2) is 24.7 Å². The van der Waals surface area contributed by atoms with Crippen LogP contribution in [0.2, 0.25) is 0 Å². The van der Waals surface area contributed by atoms with Crippen molar-refractivity contribution in [3.05, 3.63) is 35.9 Å². The van der Waals surface area contributed by atoms with Crippen LogP contribution >= 0.6 is 0 Å². The van der Waals surface area contributed by atoms with Crippen LogP contribution in [0.5, 0.6) is 0 Å². The Morgan fingerprint density at radius 3 is 2.46 bits per heavy atom. The first-order chi connectivity index (χ1) is 12.6. The Kier molecular flexibility index (Phi) is 5.09. The fourth-order valence-corrected chi connectivity index (χ4v) is 5.79. The molecule has 2 saturated carbocycles. The lowest BCUT2D eigenvalue weighted by Crippen LogP contribution is -2.56. The van der Waals surface area contributed by atoms with E-state index in [0.29, 0.717) is 5.92 Å². The SMILES string of the molecule is C[C@]1(OC(=O)C2(c3ccccc3)CCCCCC2)CC2CCNCCC21. The highest BCUT2D eigenvalue weighted by molar-refractivity contribution is 5.83. The van der Waals surface area contributed by atoms with Crippen LogP contribution in [0.15, 0.2) is 30.3 Å². The molecule has 0 bridgehead atoms. The van der Waals surface area contributed by atoms with E-state index in [1.165, 1.54) is 19.3 Å². The van der Waals surface area contributed by atoms with Crippen LogP contribution in [0.4, 0.5) is 0 Å². The lowest BCUT2D eigenvalue weighted by atomic mass is 9.59. The van der Waals surface area contributed by atoms with E-state index in [0.717, 1.165) is 63.1 Å². The van der Waals surface area contributed by atoms with E-state index in [-0.39, 0.29) is 11.6 Å². The zero-order valence-corrected chi connectivity index (χ0v) is 16.1. The highest BCUT2D eigenvalue weighted by Gasteiger charge is 2.55. The molecule has 0 amide bonds. The largest absolute Gasteiger partial charge is 0.458 e. The van der Waals surface area contributed by atoms with E-state index in [9.17, 15) is 4.79 Å². The maximum Gasteiger partial charge on any atom is 0.317 e. The number of carbonyl (C=O) groups is 1. The van der Waals surface area contributed by atoms with Crippen molar-refractivity contribution >= 4 is 5.97 Å². The molecule has 3 nitrogen and oxygen atoms in total. The molecule has 1 N–H and O–H groups in total. The van der Waals surface area contributed by atoms with Crippen LogP contribution in [-0.2, 0) is 14.9 Å². The standard InChI is InChI=1S/C23H33NO2/c1-22(17-18-11-15-24-16-12-20(18)22)26-21(25)23(13-7-2-3-8-14-23)19-9-5-4-6-10-19/h4-6,9-10,18,20,24H,2-3,7-8,11-17H2,1H3/t18?,20?,22-/m0/s1. The van der Waals surface area contributed by atoms with Crippen LogP contribution < -0.4 is 5.32 Å². The zero-order valence-electron chi connectivity index (χ0n) is 16.1. The van der Waals surface area contributed by atoms with Gasteiger partial charge < -0.3 is 10.1 Å². The van der Waals surface area contributed by atoms with Crippen molar-refractivity contribution in [2.45, 2.75) is 75.7 Å². The van der Waals surface area contributed by atoms with Gasteiger partial charge in [-0.1, -0.05) is 56.0 Å². The molecule has 142 valence electrons. The quantitative estimate of drug-likeness (QED) is 0.636. The second-order valence-corrected chi connectivity index (χ2v) is 8.96. The van der Waals surface area contributed by atoms with Crippen molar-refractivity contribution < 1.29 is 9.53 Å². The van der Waals surface area contributed by atoms with Crippen molar-refractivity contribution in [3.63, 3.8) is 0 Å². The number of ether oxygens (including phenoxy) is 1. The minimum Gasteiger partial charge on any atom is -0.458 e. The Hall–Kier alpha value is -1.35. The monoisotopic (exact) mass is 355 g/mol. The van der Waals surface area contributed by atoms with E-state index in [1.807, 2.05) is 6.07 Å². The Morgan fingerprint density at radius 2 is 1.73 bits per heavy atom. The van der Waals surface area contributed by atoms with Crippen molar-refractivity contribution in [1.82, 2.24) is 5.32 Å². The molecule has 3 atom stereocenters. The molecule has 0 radical (unpaired) electrons. The van der Waals surface area contributed by atoms with Crippen LogP contribution in [0, 0.1) is 11.8 Å². The van der Waals surface area contributed by atoms with Gasteiger partial charge in [-0.3, -0.25) is 4.79 Å². The summed E-state index contributed by atoms with van der Waals surface area (Å²) in [5.74, 6) is 1.30. The number of rotatable bonds is 3. The average Bonchev–Trinajstić information content (AvgIpc) is 3.02. The first kappa shape index (κ1) is 18.0. The molecule has 2 unspecified atom stereocenters. The van der Waals surface area contributed by atoms with E-state index in [2.05, 4.69) is 36.5 Å². The number of esters is 1. The van der Waals surface area contributed by atoms with Crippen LogP contribution in [0.3, 0.4) is 0 Å². The number of benzene rings is 1. The van der Waals surface area contributed by atoms with E-state index >= 15 is 0 Å². The van der Waals surface area contributed by atoms with E-state index in [4.69, 9.17) is 4.74 Å². The molecule has 4 rings (SSSR count). The predicted molar refractivity (Wildman–Crippen MR) is 104 cm³/mol. The summed E-state index contributed by atoms with van der Waals surface area (Å²) in [5, 5.41) is 3.50. The molecule has 0 spiro atoms. The van der Waals surface area contributed by atoms with Gasteiger partial charge in [-0.25, -0.2) is 0 Å². The highest BCUT2D eigenvalue weighted by Crippen LogP contribution is 2.52. The van der Waals surface area contributed by atoms with Gasteiger partial charge in [0.25, 0.3) is 0 Å². The highest BCUT2D eigenvalue weighted by atomic mass is 16.6. The molecular formula is C23H33NO2. The minimum atomic E-state index is -0.436. The fraction of sp³-hybridized carbons (Fsp3) is 0.696. The lowest BCUT2D eigenvalue weighted by Gasteiger charge is -2.53. The third-order valence-electron chi connectivity index (χ3n) is 7.34. The molecule has 1 aromatic carbocycles. The third-order valence-corrected chi connectivity index (χ3v) is 7.34. The first-order valence-electron chi connectivity index (χ1n) is 10.6. The molecule has 3 aliphatic rings. The Balaban J connectivity index is 1.57. The van der Waals surface area contributed by atoms with Gasteiger partial charge in [-0.15, -0.1) is 0 Å². The van der Waals surface area contributed by atoms with Gasteiger partial charge in [0.15, 0.2) is 0 Å². The molecule has 1 heterocycles. The van der Waals surface area contributed by atoms with Crippen LogP contribution in [0.25, 0.3) is 0 Å². The summed E-state index contributed by atoms with van der Waals surface area (Å²) in [7, 11) is 0. The summed E-state index contributed by atoms with van der Waals surface area (Å²) in [4.78, 5) is 13.6. The summed E-state index contributed by atoms with van der Waals surface area (Å²) in [6, 6.07) is 10.4. The summed E-state index contributed by atoms with van der Waals surface area (Å²) in [6.45, 7) is 4.35. The number of nitrogens with one attached hydrogen (secondary N) is 1. The zero-order chi connectivity index (χ0) is 18.0. The maximum atomic E-state index is 13.6. The maximum absolute atomic E-state index is 13.6. The van der Waals surface area contributed by atoms with E-state index in [1.54, 1.807) is 0 Å². The number of carbonyl (C=O) groups excluding carboxylic acids is 1. The normalized spacial score (nSPS) is 33.9. The predicted octanol–water partition coefficient (Wildman–Crippen LogP) is 4.60. The Labute approximate surface area is 157 Å². The second-order valence-electron chi connectivity index (χ2n) is 8.96. The van der Waals surface area contributed by atoms with Gasteiger partial charge in [0.1, 0.15) is 5.60 Å². The van der Waals surface area contributed by atoms with Crippen molar-refractivity contribution in [1.29, 1.82) is 0 Å². The van der Waals surface area contributed by atoms with Gasteiger partial charge in [-0.2, -0.15) is 0 Å². The lowest BCUT2D eigenvalue weighted by molar-refractivity contribution is -0.198. The average molecular weight is 356 g/mol.